The Labute approximate surface area is 107 Å². The molecule has 0 aliphatic heterocycles. The molecule has 102 valence electrons. The molecule has 0 N–H and O–H groups in total. The number of hydrogen-bond acceptors (Lipinski definition) is 2. The van der Waals surface area contributed by atoms with Gasteiger partial charge in [-0.1, -0.05) is 65.7 Å². The van der Waals surface area contributed by atoms with Crippen molar-refractivity contribution in [2.24, 2.45) is 5.41 Å². The van der Waals surface area contributed by atoms with Crippen LogP contribution in [0.1, 0.15) is 78.6 Å². The molecule has 17 heavy (non-hydrogen) atoms. The van der Waals surface area contributed by atoms with Crippen LogP contribution in [-0.4, -0.2) is 13.1 Å². The van der Waals surface area contributed by atoms with E-state index < -0.39 is 0 Å². The molecule has 0 unspecified atom stereocenters. The summed E-state index contributed by atoms with van der Waals surface area (Å²) in [5, 5.41) is 0. The van der Waals surface area contributed by atoms with E-state index in [1.165, 1.54) is 52.1 Å². The lowest BCUT2D eigenvalue weighted by atomic mass is 9.83. The average Bonchev–Trinajstić information content (AvgIpc) is 2.27. The Morgan fingerprint density at radius 3 is 2.06 bits per heavy atom. The molecule has 0 saturated heterocycles. The molecule has 0 fully saturated rings. The Morgan fingerprint density at radius 1 is 1.00 bits per heavy atom. The third-order valence-electron chi connectivity index (χ3n) is 3.31. The van der Waals surface area contributed by atoms with E-state index in [9.17, 15) is 4.79 Å². The molecular weight excluding hydrogens is 212 g/mol. The van der Waals surface area contributed by atoms with Crippen LogP contribution in [0.4, 0.5) is 0 Å². The first kappa shape index (κ1) is 16.5. The molecule has 2 heteroatoms. The summed E-state index contributed by atoms with van der Waals surface area (Å²) >= 11 is 0. The zero-order valence-corrected chi connectivity index (χ0v) is 12.2. The predicted molar refractivity (Wildman–Crippen MR) is 73.0 cm³/mol. The van der Waals surface area contributed by atoms with E-state index in [1.807, 2.05) is 0 Å². The minimum absolute atomic E-state index is 0.0852. The fourth-order valence-corrected chi connectivity index (χ4v) is 2.11. The van der Waals surface area contributed by atoms with Gasteiger partial charge in [0.05, 0.1) is 13.5 Å². The van der Waals surface area contributed by atoms with E-state index >= 15 is 0 Å². The Kier molecular flexibility index (Phi) is 9.20. The number of hydrogen-bond donors (Lipinski definition) is 0. The highest BCUT2D eigenvalue weighted by atomic mass is 16.5. The number of unbranched alkanes of at least 4 members (excludes halogenated alkanes) is 6. The van der Waals surface area contributed by atoms with Gasteiger partial charge in [0.2, 0.25) is 0 Å². The topological polar surface area (TPSA) is 26.3 Å². The van der Waals surface area contributed by atoms with Gasteiger partial charge >= 0.3 is 5.97 Å². The second-order valence-electron chi connectivity index (χ2n) is 5.79. The number of carbonyl (C=O) groups is 1. The number of ether oxygens (including phenoxy) is 1. The van der Waals surface area contributed by atoms with Crippen molar-refractivity contribution >= 4 is 5.97 Å². The van der Waals surface area contributed by atoms with Crippen molar-refractivity contribution in [3.63, 3.8) is 0 Å². The lowest BCUT2D eigenvalue weighted by Gasteiger charge is -2.22. The Hall–Kier alpha value is -0.530. The summed E-state index contributed by atoms with van der Waals surface area (Å²) in [7, 11) is 1.46. The molecule has 0 aliphatic rings. The molecule has 0 spiro atoms. The van der Waals surface area contributed by atoms with Crippen molar-refractivity contribution in [3.8, 4) is 0 Å². The average molecular weight is 242 g/mol. The van der Waals surface area contributed by atoms with Gasteiger partial charge in [-0.3, -0.25) is 4.79 Å². The number of methoxy groups -OCH3 is 1. The van der Waals surface area contributed by atoms with E-state index in [0.29, 0.717) is 6.42 Å². The third-order valence-corrected chi connectivity index (χ3v) is 3.31. The largest absolute Gasteiger partial charge is 0.469 e. The number of esters is 1. The maximum Gasteiger partial charge on any atom is 0.306 e. The minimum atomic E-state index is -0.0852. The first-order valence-corrected chi connectivity index (χ1v) is 7.08. The maximum absolute atomic E-state index is 11.2. The van der Waals surface area contributed by atoms with Crippen molar-refractivity contribution in [1.29, 1.82) is 0 Å². The standard InChI is InChI=1S/C15H30O2/c1-5-6-7-8-9-10-11-12-15(2,3)13-14(16)17-4/h5-13H2,1-4H3. The maximum atomic E-state index is 11.2. The molecule has 0 aromatic rings. The molecule has 0 amide bonds. The van der Waals surface area contributed by atoms with Gasteiger partial charge in [-0.2, -0.15) is 0 Å². The van der Waals surface area contributed by atoms with Crippen molar-refractivity contribution < 1.29 is 9.53 Å². The molecule has 0 atom stereocenters. The molecule has 0 aromatic heterocycles. The zero-order chi connectivity index (χ0) is 13.1. The molecule has 2 nitrogen and oxygen atoms in total. The molecule has 0 aliphatic carbocycles. The summed E-state index contributed by atoms with van der Waals surface area (Å²) in [6.45, 7) is 6.55. The van der Waals surface area contributed by atoms with Crippen LogP contribution in [0.25, 0.3) is 0 Å². The van der Waals surface area contributed by atoms with Crippen LogP contribution < -0.4 is 0 Å². The molecular formula is C15H30O2. The summed E-state index contributed by atoms with van der Waals surface area (Å²) < 4.78 is 4.72. The zero-order valence-electron chi connectivity index (χ0n) is 12.2. The van der Waals surface area contributed by atoms with Gasteiger partial charge in [0.25, 0.3) is 0 Å². The van der Waals surface area contributed by atoms with Crippen LogP contribution >= 0.6 is 0 Å². The highest BCUT2D eigenvalue weighted by Gasteiger charge is 2.21. The molecule has 0 rings (SSSR count). The lowest BCUT2D eigenvalue weighted by Crippen LogP contribution is -2.18. The lowest BCUT2D eigenvalue weighted by molar-refractivity contribution is -0.143. The van der Waals surface area contributed by atoms with E-state index in [2.05, 4.69) is 20.8 Å². The Balaban J connectivity index is 3.48. The second-order valence-corrected chi connectivity index (χ2v) is 5.79. The quantitative estimate of drug-likeness (QED) is 0.409. The van der Waals surface area contributed by atoms with Gasteiger partial charge in [0, 0.05) is 0 Å². The minimum Gasteiger partial charge on any atom is -0.469 e. The monoisotopic (exact) mass is 242 g/mol. The first-order chi connectivity index (χ1) is 8.02. The van der Waals surface area contributed by atoms with Crippen molar-refractivity contribution in [1.82, 2.24) is 0 Å². The molecule has 0 saturated carbocycles. The fraction of sp³-hybridized carbons (Fsp3) is 0.933. The highest BCUT2D eigenvalue weighted by Crippen LogP contribution is 2.28. The van der Waals surface area contributed by atoms with Gasteiger partial charge < -0.3 is 4.74 Å². The smallest absolute Gasteiger partial charge is 0.306 e. The molecule has 0 radical (unpaired) electrons. The first-order valence-electron chi connectivity index (χ1n) is 7.08. The normalized spacial score (nSPS) is 11.5. The van der Waals surface area contributed by atoms with E-state index in [0.717, 1.165) is 6.42 Å². The summed E-state index contributed by atoms with van der Waals surface area (Å²) in [5.41, 5.74) is 0.0938. The second kappa shape index (κ2) is 9.49. The van der Waals surface area contributed by atoms with Gasteiger partial charge in [-0.15, -0.1) is 0 Å². The van der Waals surface area contributed by atoms with Crippen LogP contribution in [0.15, 0.2) is 0 Å². The van der Waals surface area contributed by atoms with Gasteiger partial charge in [0.1, 0.15) is 0 Å². The van der Waals surface area contributed by atoms with Crippen LogP contribution in [0, 0.1) is 5.41 Å². The van der Waals surface area contributed by atoms with Gasteiger partial charge in [-0.25, -0.2) is 0 Å². The Bertz CT molecular complexity index is 197. The fourth-order valence-electron chi connectivity index (χ4n) is 2.11. The number of carbonyl (C=O) groups excluding carboxylic acids is 1. The van der Waals surface area contributed by atoms with Crippen LogP contribution in [0.3, 0.4) is 0 Å². The van der Waals surface area contributed by atoms with Crippen LogP contribution in [0.5, 0.6) is 0 Å². The van der Waals surface area contributed by atoms with Crippen LogP contribution in [-0.2, 0) is 9.53 Å². The van der Waals surface area contributed by atoms with Crippen molar-refractivity contribution in [2.45, 2.75) is 78.6 Å². The van der Waals surface area contributed by atoms with E-state index in [1.54, 1.807) is 0 Å². The van der Waals surface area contributed by atoms with Crippen molar-refractivity contribution in [2.75, 3.05) is 7.11 Å². The molecule has 0 aromatic carbocycles. The van der Waals surface area contributed by atoms with Gasteiger partial charge in [-0.05, 0) is 11.8 Å². The highest BCUT2D eigenvalue weighted by molar-refractivity contribution is 5.69. The van der Waals surface area contributed by atoms with Crippen molar-refractivity contribution in [3.05, 3.63) is 0 Å². The predicted octanol–water partition coefficient (Wildman–Crippen LogP) is 4.72. The summed E-state index contributed by atoms with van der Waals surface area (Å²) in [5.74, 6) is -0.0852. The summed E-state index contributed by atoms with van der Waals surface area (Å²) in [4.78, 5) is 11.2. The molecule has 0 heterocycles. The van der Waals surface area contributed by atoms with Crippen LogP contribution in [0.2, 0.25) is 0 Å². The Morgan fingerprint density at radius 2 is 1.53 bits per heavy atom. The summed E-state index contributed by atoms with van der Waals surface area (Å²) in [6.07, 6.45) is 11.0. The van der Waals surface area contributed by atoms with Gasteiger partial charge in [0.15, 0.2) is 0 Å². The van der Waals surface area contributed by atoms with E-state index in [-0.39, 0.29) is 11.4 Å². The number of rotatable bonds is 10. The van der Waals surface area contributed by atoms with E-state index in [4.69, 9.17) is 4.74 Å². The summed E-state index contributed by atoms with van der Waals surface area (Å²) in [6, 6.07) is 0. The SMILES string of the molecule is CCCCCCCCCC(C)(C)CC(=O)OC. The third kappa shape index (κ3) is 10.3. The molecule has 0 bridgehead atoms.